The molecule has 1 aromatic carbocycles. The lowest BCUT2D eigenvalue weighted by molar-refractivity contribution is 0.575. The highest BCUT2D eigenvalue weighted by atomic mass is 79.9. The second kappa shape index (κ2) is 3.22. The molecule has 3 nitrogen and oxygen atoms in total. The van der Waals surface area contributed by atoms with E-state index in [1.54, 1.807) is 6.20 Å². The average molecular weight is 239 g/mol. The van der Waals surface area contributed by atoms with Gasteiger partial charge in [0, 0.05) is 10.2 Å². The zero-order chi connectivity index (χ0) is 9.26. The van der Waals surface area contributed by atoms with Crippen LogP contribution in [-0.4, -0.2) is 4.98 Å². The third-order valence-electron chi connectivity index (χ3n) is 1.68. The first kappa shape index (κ1) is 8.31. The van der Waals surface area contributed by atoms with Gasteiger partial charge >= 0.3 is 0 Å². The van der Waals surface area contributed by atoms with Crippen molar-refractivity contribution in [3.05, 3.63) is 35.1 Å². The molecule has 0 atom stereocenters. The van der Waals surface area contributed by atoms with E-state index in [9.17, 15) is 0 Å². The maximum atomic E-state index is 5.78. The van der Waals surface area contributed by atoms with Crippen LogP contribution in [0, 0.1) is 0 Å². The van der Waals surface area contributed by atoms with Crippen molar-refractivity contribution < 1.29 is 4.42 Å². The molecule has 4 heteroatoms. The molecule has 2 rings (SSSR count). The molecule has 0 bridgehead atoms. The van der Waals surface area contributed by atoms with Crippen LogP contribution in [0.3, 0.4) is 0 Å². The molecule has 0 fully saturated rings. The highest BCUT2D eigenvalue weighted by Gasteiger charge is 2.06. The van der Waals surface area contributed by atoms with Crippen LogP contribution in [0.4, 0.5) is 5.69 Å². The Morgan fingerprint density at radius 1 is 1.38 bits per heavy atom. The van der Waals surface area contributed by atoms with E-state index >= 15 is 0 Å². The monoisotopic (exact) mass is 238 g/mol. The van der Waals surface area contributed by atoms with E-state index in [-0.39, 0.29) is 0 Å². The molecular formula is C9H7BrN2O. The quantitative estimate of drug-likeness (QED) is 0.778. The summed E-state index contributed by atoms with van der Waals surface area (Å²) < 4.78 is 6.08. The van der Waals surface area contributed by atoms with E-state index in [0.29, 0.717) is 11.6 Å². The van der Waals surface area contributed by atoms with Crippen LogP contribution in [0.2, 0.25) is 0 Å². The maximum Gasteiger partial charge on any atom is 0.227 e. The Balaban J connectivity index is 2.53. The number of oxazole rings is 1. The second-order valence-electron chi connectivity index (χ2n) is 2.57. The molecule has 66 valence electrons. The second-order valence-corrected chi connectivity index (χ2v) is 3.48. The van der Waals surface area contributed by atoms with Crippen LogP contribution in [0.5, 0.6) is 0 Å². The van der Waals surface area contributed by atoms with Gasteiger partial charge < -0.3 is 10.2 Å². The smallest absolute Gasteiger partial charge is 0.227 e. The highest BCUT2D eigenvalue weighted by Crippen LogP contribution is 2.26. The van der Waals surface area contributed by atoms with E-state index in [1.165, 1.54) is 6.26 Å². The van der Waals surface area contributed by atoms with E-state index in [1.807, 2.05) is 18.2 Å². The van der Waals surface area contributed by atoms with Crippen molar-refractivity contribution in [3.8, 4) is 11.5 Å². The summed E-state index contributed by atoms with van der Waals surface area (Å²) >= 11 is 3.33. The zero-order valence-electron chi connectivity index (χ0n) is 6.70. The van der Waals surface area contributed by atoms with Crippen LogP contribution >= 0.6 is 15.9 Å². The molecule has 0 radical (unpaired) electrons. The lowest BCUT2D eigenvalue weighted by atomic mass is 10.2. The summed E-state index contributed by atoms with van der Waals surface area (Å²) in [5.74, 6) is 0.546. The van der Waals surface area contributed by atoms with Crippen molar-refractivity contribution in [2.75, 3.05) is 5.73 Å². The van der Waals surface area contributed by atoms with Crippen molar-refractivity contribution in [3.63, 3.8) is 0 Å². The molecule has 0 saturated heterocycles. The van der Waals surface area contributed by atoms with Crippen LogP contribution in [0.1, 0.15) is 0 Å². The van der Waals surface area contributed by atoms with E-state index in [2.05, 4.69) is 20.9 Å². The molecule has 1 aromatic heterocycles. The fourth-order valence-electron chi connectivity index (χ4n) is 1.08. The number of aromatic nitrogens is 1. The summed E-state index contributed by atoms with van der Waals surface area (Å²) in [7, 11) is 0. The minimum atomic E-state index is 0.546. The third-order valence-corrected chi connectivity index (χ3v) is 2.17. The molecule has 0 spiro atoms. The summed E-state index contributed by atoms with van der Waals surface area (Å²) in [4.78, 5) is 4.02. The number of hydrogen-bond donors (Lipinski definition) is 1. The number of hydrogen-bond acceptors (Lipinski definition) is 3. The van der Waals surface area contributed by atoms with Gasteiger partial charge in [-0.15, -0.1) is 0 Å². The molecular weight excluding hydrogens is 232 g/mol. The topological polar surface area (TPSA) is 52.0 Å². The van der Waals surface area contributed by atoms with Crippen LogP contribution < -0.4 is 5.73 Å². The summed E-state index contributed by atoms with van der Waals surface area (Å²) in [5, 5.41) is 0. The molecule has 2 aromatic rings. The van der Waals surface area contributed by atoms with E-state index < -0.39 is 0 Å². The predicted molar refractivity (Wildman–Crippen MR) is 54.1 cm³/mol. The largest absolute Gasteiger partial charge is 0.444 e. The minimum absolute atomic E-state index is 0.546. The Morgan fingerprint density at radius 3 is 2.85 bits per heavy atom. The molecule has 0 aliphatic rings. The number of benzene rings is 1. The number of halogens is 1. The molecule has 0 amide bonds. The maximum absolute atomic E-state index is 5.78. The van der Waals surface area contributed by atoms with Crippen molar-refractivity contribution in [2.24, 2.45) is 0 Å². The lowest BCUT2D eigenvalue weighted by Gasteiger charge is -2.00. The Bertz CT molecular complexity index is 412. The molecule has 1 heterocycles. The zero-order valence-corrected chi connectivity index (χ0v) is 8.28. The Kier molecular flexibility index (Phi) is 2.06. The fourth-order valence-corrected chi connectivity index (χ4v) is 1.46. The summed E-state index contributed by atoms with van der Waals surface area (Å²) in [6, 6.07) is 5.58. The number of rotatable bonds is 1. The molecule has 2 N–H and O–H groups in total. The summed E-state index contributed by atoms with van der Waals surface area (Å²) in [6.07, 6.45) is 3.12. The van der Waals surface area contributed by atoms with Gasteiger partial charge in [-0.1, -0.05) is 15.9 Å². The van der Waals surface area contributed by atoms with Gasteiger partial charge in [0.15, 0.2) is 0 Å². The third kappa shape index (κ3) is 1.58. The number of nitrogens with two attached hydrogens (primary N) is 1. The Morgan fingerprint density at radius 2 is 2.23 bits per heavy atom. The molecule has 0 aliphatic carbocycles. The predicted octanol–water partition coefficient (Wildman–Crippen LogP) is 2.69. The number of nitrogen functional groups attached to an aromatic ring is 1. The van der Waals surface area contributed by atoms with Gasteiger partial charge in [0.25, 0.3) is 0 Å². The van der Waals surface area contributed by atoms with Gasteiger partial charge in [-0.05, 0) is 18.2 Å². The van der Waals surface area contributed by atoms with Crippen LogP contribution in [-0.2, 0) is 0 Å². The van der Waals surface area contributed by atoms with Gasteiger partial charge in [-0.2, -0.15) is 0 Å². The van der Waals surface area contributed by atoms with Crippen molar-refractivity contribution >= 4 is 21.6 Å². The van der Waals surface area contributed by atoms with Gasteiger partial charge in [0.1, 0.15) is 6.26 Å². The number of anilines is 1. The number of nitrogens with zero attached hydrogens (tertiary/aromatic N) is 1. The first-order chi connectivity index (χ1) is 6.27. The SMILES string of the molecule is Nc1cc(Br)ccc1-c1ncco1. The van der Waals surface area contributed by atoms with Gasteiger partial charge in [0.05, 0.1) is 11.8 Å². The standard InChI is InChI=1S/C9H7BrN2O/c10-6-1-2-7(8(11)5-6)9-12-3-4-13-9/h1-5H,11H2. The van der Waals surface area contributed by atoms with Gasteiger partial charge in [0.2, 0.25) is 5.89 Å². The van der Waals surface area contributed by atoms with E-state index in [4.69, 9.17) is 10.2 Å². The fraction of sp³-hybridized carbons (Fsp3) is 0. The first-order valence-electron chi connectivity index (χ1n) is 3.72. The van der Waals surface area contributed by atoms with Crippen LogP contribution in [0.25, 0.3) is 11.5 Å². The summed E-state index contributed by atoms with van der Waals surface area (Å²) in [6.45, 7) is 0. The van der Waals surface area contributed by atoms with Crippen molar-refractivity contribution in [1.82, 2.24) is 4.98 Å². The lowest BCUT2D eigenvalue weighted by Crippen LogP contribution is -1.89. The van der Waals surface area contributed by atoms with Gasteiger partial charge in [-0.3, -0.25) is 0 Å². The van der Waals surface area contributed by atoms with Crippen LogP contribution in [0.15, 0.2) is 39.5 Å². The minimum Gasteiger partial charge on any atom is -0.444 e. The van der Waals surface area contributed by atoms with E-state index in [0.717, 1.165) is 10.0 Å². The Labute approximate surface area is 83.7 Å². The average Bonchev–Trinajstić information content (AvgIpc) is 2.56. The molecule has 0 aliphatic heterocycles. The first-order valence-corrected chi connectivity index (χ1v) is 4.51. The molecule has 13 heavy (non-hydrogen) atoms. The molecule has 0 unspecified atom stereocenters. The van der Waals surface area contributed by atoms with Gasteiger partial charge in [-0.25, -0.2) is 4.98 Å². The Hall–Kier alpha value is -1.29. The normalized spacial score (nSPS) is 10.2. The highest BCUT2D eigenvalue weighted by molar-refractivity contribution is 9.10. The summed E-state index contributed by atoms with van der Waals surface area (Å²) in [5.41, 5.74) is 7.25. The molecule has 0 saturated carbocycles. The van der Waals surface area contributed by atoms with Crippen molar-refractivity contribution in [1.29, 1.82) is 0 Å². The van der Waals surface area contributed by atoms with Crippen molar-refractivity contribution in [2.45, 2.75) is 0 Å².